The highest BCUT2D eigenvalue weighted by molar-refractivity contribution is 9.10. The van der Waals surface area contributed by atoms with E-state index >= 15 is 0 Å². The van der Waals surface area contributed by atoms with Gasteiger partial charge in [-0.25, -0.2) is 0 Å². The number of halogens is 1. The molecule has 0 radical (unpaired) electrons. The molecule has 2 aromatic carbocycles. The van der Waals surface area contributed by atoms with E-state index in [9.17, 15) is 4.79 Å². The quantitative estimate of drug-likeness (QED) is 0.538. The minimum atomic E-state index is -0.121. The molecule has 1 aliphatic rings. The highest BCUT2D eigenvalue weighted by atomic mass is 79.9. The van der Waals surface area contributed by atoms with Crippen LogP contribution in [0.4, 0.5) is 5.69 Å². The number of thioether (sulfide) groups is 1. The number of nitrogens with zero attached hydrogens (tertiary/aromatic N) is 1. The number of thiocarbonyl (C=S) groups is 1. The van der Waals surface area contributed by atoms with Crippen LogP contribution in [0.15, 0.2) is 57.9 Å². The predicted octanol–water partition coefficient (Wildman–Crippen LogP) is 4.86. The number of carbonyl (C=O) groups is 1. The highest BCUT2D eigenvalue weighted by Gasteiger charge is 2.33. The van der Waals surface area contributed by atoms with Crippen LogP contribution >= 0.6 is 39.9 Å². The van der Waals surface area contributed by atoms with Crippen LogP contribution in [-0.2, 0) is 4.79 Å². The van der Waals surface area contributed by atoms with Gasteiger partial charge in [0, 0.05) is 10.0 Å². The molecular weight excluding hydrogens is 394 g/mol. The second kappa shape index (κ2) is 6.86. The van der Waals surface area contributed by atoms with Gasteiger partial charge in [0.1, 0.15) is 5.75 Å². The van der Waals surface area contributed by atoms with Crippen LogP contribution in [0.3, 0.4) is 0 Å². The second-order valence-corrected chi connectivity index (χ2v) is 7.33. The molecular formula is C17H12BrNO2S2. The van der Waals surface area contributed by atoms with E-state index in [0.29, 0.717) is 9.23 Å². The standard InChI is InChI=1S/C17H12BrNO2S2/c1-21-14-8-3-2-5-11(14)9-15-16(20)19(17(22)23-15)13-7-4-6-12(18)10-13/h2-10H,1H3/b15-9-. The molecule has 0 spiro atoms. The Balaban J connectivity index is 1.97. The summed E-state index contributed by atoms with van der Waals surface area (Å²) in [5.74, 6) is 0.601. The lowest BCUT2D eigenvalue weighted by molar-refractivity contribution is -0.113. The molecule has 0 saturated carbocycles. The summed E-state index contributed by atoms with van der Waals surface area (Å²) in [4.78, 5) is 14.9. The Morgan fingerprint density at radius 3 is 2.74 bits per heavy atom. The lowest BCUT2D eigenvalue weighted by atomic mass is 10.2. The number of ether oxygens (including phenoxy) is 1. The van der Waals surface area contributed by atoms with Crippen LogP contribution in [0, 0.1) is 0 Å². The van der Waals surface area contributed by atoms with Crippen molar-refractivity contribution >= 4 is 61.9 Å². The summed E-state index contributed by atoms with van der Waals surface area (Å²) in [5, 5.41) is 0. The molecule has 1 heterocycles. The Morgan fingerprint density at radius 2 is 2.00 bits per heavy atom. The molecule has 1 aliphatic heterocycles. The van der Waals surface area contributed by atoms with Gasteiger partial charge < -0.3 is 4.74 Å². The molecule has 0 N–H and O–H groups in total. The van der Waals surface area contributed by atoms with E-state index in [1.165, 1.54) is 11.8 Å². The van der Waals surface area contributed by atoms with Crippen molar-refractivity contribution in [2.75, 3.05) is 12.0 Å². The van der Waals surface area contributed by atoms with E-state index in [1.807, 2.05) is 54.6 Å². The van der Waals surface area contributed by atoms with E-state index in [1.54, 1.807) is 12.0 Å². The van der Waals surface area contributed by atoms with Crippen molar-refractivity contribution in [1.82, 2.24) is 0 Å². The topological polar surface area (TPSA) is 29.5 Å². The molecule has 0 unspecified atom stereocenters. The summed E-state index contributed by atoms with van der Waals surface area (Å²) >= 11 is 10.1. The number of carbonyl (C=O) groups excluding carboxylic acids is 1. The summed E-state index contributed by atoms with van der Waals surface area (Å²) in [6, 6.07) is 15.1. The number of benzene rings is 2. The molecule has 1 saturated heterocycles. The normalized spacial score (nSPS) is 16.3. The number of methoxy groups -OCH3 is 1. The van der Waals surface area contributed by atoms with E-state index in [-0.39, 0.29) is 5.91 Å². The third kappa shape index (κ3) is 3.34. The minimum Gasteiger partial charge on any atom is -0.496 e. The van der Waals surface area contributed by atoms with Crippen LogP contribution in [0.5, 0.6) is 5.75 Å². The third-order valence-electron chi connectivity index (χ3n) is 3.29. The summed E-state index contributed by atoms with van der Waals surface area (Å²) in [6.45, 7) is 0. The van der Waals surface area contributed by atoms with E-state index in [4.69, 9.17) is 17.0 Å². The molecule has 0 aromatic heterocycles. The number of para-hydroxylation sites is 1. The van der Waals surface area contributed by atoms with Crippen LogP contribution in [0.2, 0.25) is 0 Å². The van der Waals surface area contributed by atoms with Crippen LogP contribution < -0.4 is 9.64 Å². The number of amides is 1. The molecule has 0 atom stereocenters. The maximum atomic E-state index is 12.7. The Labute approximate surface area is 152 Å². The van der Waals surface area contributed by atoms with Crippen LogP contribution in [0.25, 0.3) is 6.08 Å². The fourth-order valence-corrected chi connectivity index (χ4v) is 3.91. The molecule has 1 amide bonds. The predicted molar refractivity (Wildman–Crippen MR) is 103 cm³/mol. The Morgan fingerprint density at radius 1 is 1.22 bits per heavy atom. The number of hydrogen-bond donors (Lipinski definition) is 0. The van der Waals surface area contributed by atoms with Gasteiger partial charge in [0.15, 0.2) is 4.32 Å². The van der Waals surface area contributed by atoms with Gasteiger partial charge in [0.05, 0.1) is 17.7 Å². The van der Waals surface area contributed by atoms with Crippen molar-refractivity contribution in [3.63, 3.8) is 0 Å². The largest absolute Gasteiger partial charge is 0.496 e. The first-order chi connectivity index (χ1) is 11.1. The number of rotatable bonds is 3. The van der Waals surface area contributed by atoms with E-state index < -0.39 is 0 Å². The van der Waals surface area contributed by atoms with E-state index in [2.05, 4.69) is 15.9 Å². The molecule has 0 aliphatic carbocycles. The van der Waals surface area contributed by atoms with Crippen molar-refractivity contribution in [3.05, 3.63) is 63.5 Å². The monoisotopic (exact) mass is 405 g/mol. The SMILES string of the molecule is COc1ccccc1/C=C1\SC(=S)N(c2cccc(Br)c2)C1=O. The summed E-state index contributed by atoms with van der Waals surface area (Å²) in [5.41, 5.74) is 1.61. The fraction of sp³-hybridized carbons (Fsp3) is 0.0588. The molecule has 1 fully saturated rings. The first-order valence-electron chi connectivity index (χ1n) is 6.76. The zero-order chi connectivity index (χ0) is 16.4. The van der Waals surface area contributed by atoms with Gasteiger partial charge in [-0.05, 0) is 30.3 Å². The zero-order valence-corrected chi connectivity index (χ0v) is 15.4. The maximum Gasteiger partial charge on any atom is 0.270 e. The van der Waals surface area contributed by atoms with Gasteiger partial charge in [-0.1, -0.05) is 64.2 Å². The van der Waals surface area contributed by atoms with Crippen molar-refractivity contribution in [2.24, 2.45) is 0 Å². The molecule has 3 rings (SSSR count). The number of hydrogen-bond acceptors (Lipinski definition) is 4. The zero-order valence-electron chi connectivity index (χ0n) is 12.2. The van der Waals surface area contributed by atoms with Gasteiger partial charge in [0.25, 0.3) is 5.91 Å². The highest BCUT2D eigenvalue weighted by Crippen LogP contribution is 2.37. The van der Waals surface area contributed by atoms with Crippen molar-refractivity contribution in [2.45, 2.75) is 0 Å². The maximum absolute atomic E-state index is 12.7. The average Bonchev–Trinajstić information content (AvgIpc) is 2.82. The lowest BCUT2D eigenvalue weighted by Gasteiger charge is -2.14. The Bertz CT molecular complexity index is 820. The summed E-state index contributed by atoms with van der Waals surface area (Å²) in [7, 11) is 1.61. The van der Waals surface area contributed by atoms with E-state index in [0.717, 1.165) is 21.5 Å². The first-order valence-corrected chi connectivity index (χ1v) is 8.78. The smallest absolute Gasteiger partial charge is 0.270 e. The van der Waals surface area contributed by atoms with Crippen LogP contribution in [-0.4, -0.2) is 17.3 Å². The molecule has 0 bridgehead atoms. The molecule has 3 nitrogen and oxygen atoms in total. The molecule has 6 heteroatoms. The van der Waals surface area contributed by atoms with Gasteiger partial charge in [-0.2, -0.15) is 0 Å². The summed E-state index contributed by atoms with van der Waals surface area (Å²) in [6.07, 6.45) is 1.82. The Kier molecular flexibility index (Phi) is 4.84. The minimum absolute atomic E-state index is 0.121. The summed E-state index contributed by atoms with van der Waals surface area (Å²) < 4.78 is 6.75. The molecule has 2 aromatic rings. The third-order valence-corrected chi connectivity index (χ3v) is 5.08. The average molecular weight is 406 g/mol. The molecule has 23 heavy (non-hydrogen) atoms. The Hall–Kier alpha value is -1.63. The second-order valence-electron chi connectivity index (χ2n) is 4.74. The number of anilines is 1. The van der Waals surface area contributed by atoms with Crippen molar-refractivity contribution in [1.29, 1.82) is 0 Å². The van der Waals surface area contributed by atoms with Gasteiger partial charge in [0.2, 0.25) is 0 Å². The van der Waals surface area contributed by atoms with Crippen LogP contribution in [0.1, 0.15) is 5.56 Å². The van der Waals surface area contributed by atoms with Crippen molar-refractivity contribution in [3.8, 4) is 5.75 Å². The fourth-order valence-electron chi connectivity index (χ4n) is 2.23. The van der Waals surface area contributed by atoms with Gasteiger partial charge in [-0.3, -0.25) is 9.69 Å². The molecule has 116 valence electrons. The van der Waals surface area contributed by atoms with Crippen molar-refractivity contribution < 1.29 is 9.53 Å². The lowest BCUT2D eigenvalue weighted by Crippen LogP contribution is -2.27. The van der Waals surface area contributed by atoms with Gasteiger partial charge >= 0.3 is 0 Å². The first kappa shape index (κ1) is 16.2. The van der Waals surface area contributed by atoms with Gasteiger partial charge in [-0.15, -0.1) is 0 Å².